The summed E-state index contributed by atoms with van der Waals surface area (Å²) in [5.74, 6) is -0.528. The van der Waals surface area contributed by atoms with Crippen molar-refractivity contribution in [3.05, 3.63) is 26.6 Å². The molecule has 0 spiro atoms. The monoisotopic (exact) mass is 375 g/mol. The number of rotatable bonds is 4. The number of halogens is 4. The van der Waals surface area contributed by atoms with Gasteiger partial charge in [-0.25, -0.2) is 13.8 Å². The summed E-state index contributed by atoms with van der Waals surface area (Å²) in [5, 5.41) is 0. The van der Waals surface area contributed by atoms with Crippen LogP contribution in [0, 0.1) is 3.57 Å². The summed E-state index contributed by atoms with van der Waals surface area (Å²) >= 11 is 7.53. The summed E-state index contributed by atoms with van der Waals surface area (Å²) < 4.78 is 30.6. The van der Waals surface area contributed by atoms with Gasteiger partial charge in [0.2, 0.25) is 0 Å². The Labute approximate surface area is 116 Å². The third-order valence-electron chi connectivity index (χ3n) is 2.06. The Balaban J connectivity index is 3.18. The lowest BCUT2D eigenvalue weighted by Gasteiger charge is -2.10. The van der Waals surface area contributed by atoms with Gasteiger partial charge in [0, 0.05) is 3.57 Å². The van der Waals surface area contributed by atoms with Crippen molar-refractivity contribution in [2.24, 2.45) is 0 Å². The minimum atomic E-state index is -2.74. The Morgan fingerprint density at radius 3 is 2.76 bits per heavy atom. The summed E-state index contributed by atoms with van der Waals surface area (Å²) in [6, 6.07) is 1.49. The zero-order valence-corrected chi connectivity index (χ0v) is 11.8. The zero-order chi connectivity index (χ0) is 13.0. The molecule has 7 heteroatoms. The molecule has 0 amide bonds. The van der Waals surface area contributed by atoms with E-state index in [1.807, 2.05) is 22.6 Å². The molecule has 17 heavy (non-hydrogen) atoms. The molecule has 0 fully saturated rings. The predicted octanol–water partition coefficient (Wildman–Crippen LogP) is 3.08. The molecule has 3 nitrogen and oxygen atoms in total. The summed E-state index contributed by atoms with van der Waals surface area (Å²) in [7, 11) is 1.20. The van der Waals surface area contributed by atoms with Crippen LogP contribution < -0.4 is 0 Å². The highest BCUT2D eigenvalue weighted by Crippen LogP contribution is 2.25. The number of esters is 1. The number of hydrogen-bond donors (Lipinski definition) is 0. The van der Waals surface area contributed by atoms with E-state index in [0.717, 1.165) is 0 Å². The van der Waals surface area contributed by atoms with Crippen molar-refractivity contribution >= 4 is 40.2 Å². The van der Waals surface area contributed by atoms with Crippen LogP contribution in [0.15, 0.2) is 6.07 Å². The van der Waals surface area contributed by atoms with Crippen LogP contribution in [0.2, 0.25) is 0 Å². The SMILES string of the molecule is COC(=O)Cc1cc(I)c(CCl)nc1C(F)F. The highest BCUT2D eigenvalue weighted by Gasteiger charge is 2.19. The van der Waals surface area contributed by atoms with Crippen LogP contribution in [-0.4, -0.2) is 18.1 Å². The van der Waals surface area contributed by atoms with Crippen LogP contribution in [-0.2, 0) is 21.8 Å². The maximum atomic E-state index is 12.8. The largest absolute Gasteiger partial charge is 0.469 e. The lowest BCUT2D eigenvalue weighted by atomic mass is 10.1. The second-order valence-electron chi connectivity index (χ2n) is 3.15. The van der Waals surface area contributed by atoms with E-state index >= 15 is 0 Å². The maximum Gasteiger partial charge on any atom is 0.310 e. The van der Waals surface area contributed by atoms with Gasteiger partial charge in [-0.1, -0.05) is 0 Å². The Morgan fingerprint density at radius 1 is 1.65 bits per heavy atom. The van der Waals surface area contributed by atoms with Gasteiger partial charge in [0.25, 0.3) is 6.43 Å². The van der Waals surface area contributed by atoms with Gasteiger partial charge in [-0.05, 0) is 34.2 Å². The lowest BCUT2D eigenvalue weighted by molar-refractivity contribution is -0.139. The Hall–Kier alpha value is -0.500. The molecule has 0 radical (unpaired) electrons. The fourth-order valence-electron chi connectivity index (χ4n) is 1.23. The van der Waals surface area contributed by atoms with E-state index in [-0.39, 0.29) is 17.9 Å². The number of nitrogens with zero attached hydrogens (tertiary/aromatic N) is 1. The van der Waals surface area contributed by atoms with Gasteiger partial charge in [-0.2, -0.15) is 0 Å². The van der Waals surface area contributed by atoms with Gasteiger partial charge in [-0.3, -0.25) is 4.79 Å². The molecule has 0 saturated heterocycles. The average molecular weight is 376 g/mol. The number of hydrogen-bond acceptors (Lipinski definition) is 3. The van der Waals surface area contributed by atoms with Crippen molar-refractivity contribution < 1.29 is 18.3 Å². The van der Waals surface area contributed by atoms with Crippen LogP contribution in [0.25, 0.3) is 0 Å². The summed E-state index contributed by atoms with van der Waals surface area (Å²) in [6.45, 7) is 0. The number of pyridine rings is 1. The Kier molecular flexibility index (Phi) is 5.51. The second kappa shape index (κ2) is 6.44. The van der Waals surface area contributed by atoms with Crippen LogP contribution in [0.4, 0.5) is 8.78 Å². The second-order valence-corrected chi connectivity index (χ2v) is 4.58. The molecule has 0 unspecified atom stereocenters. The molecule has 0 aromatic carbocycles. The third-order valence-corrected chi connectivity index (χ3v) is 3.24. The molecule has 0 atom stereocenters. The van der Waals surface area contributed by atoms with Crippen molar-refractivity contribution in [3.63, 3.8) is 0 Å². The average Bonchev–Trinajstić information content (AvgIpc) is 2.28. The molecule has 0 aliphatic rings. The van der Waals surface area contributed by atoms with Crippen molar-refractivity contribution in [2.75, 3.05) is 7.11 Å². The van der Waals surface area contributed by atoms with E-state index < -0.39 is 18.1 Å². The van der Waals surface area contributed by atoms with E-state index in [2.05, 4.69) is 9.72 Å². The predicted molar refractivity (Wildman–Crippen MR) is 67.2 cm³/mol. The number of carbonyl (C=O) groups is 1. The first-order valence-corrected chi connectivity index (χ1v) is 6.20. The third kappa shape index (κ3) is 3.74. The maximum absolute atomic E-state index is 12.8. The highest BCUT2D eigenvalue weighted by atomic mass is 127. The molecule has 94 valence electrons. The summed E-state index contributed by atoms with van der Waals surface area (Å²) in [5.41, 5.74) is 0.146. The van der Waals surface area contributed by atoms with Crippen LogP contribution in [0.3, 0.4) is 0 Å². The van der Waals surface area contributed by atoms with E-state index in [1.165, 1.54) is 13.2 Å². The molecule has 0 aliphatic carbocycles. The summed E-state index contributed by atoms with van der Waals surface area (Å²) in [4.78, 5) is 14.9. The normalized spacial score (nSPS) is 10.7. The molecule has 1 aromatic rings. The van der Waals surface area contributed by atoms with E-state index in [4.69, 9.17) is 11.6 Å². The number of ether oxygens (including phenoxy) is 1. The Morgan fingerprint density at radius 2 is 2.29 bits per heavy atom. The Bertz CT molecular complexity index is 429. The van der Waals surface area contributed by atoms with Crippen molar-refractivity contribution in [3.8, 4) is 0 Å². The van der Waals surface area contributed by atoms with Crippen LogP contribution >= 0.6 is 34.2 Å². The molecular formula is C10H9ClF2INO2. The van der Waals surface area contributed by atoms with Crippen LogP contribution in [0.5, 0.6) is 0 Å². The van der Waals surface area contributed by atoms with Gasteiger partial charge in [0.15, 0.2) is 0 Å². The van der Waals surface area contributed by atoms with Gasteiger partial charge < -0.3 is 4.74 Å². The zero-order valence-electron chi connectivity index (χ0n) is 8.84. The molecule has 0 bridgehead atoms. The van der Waals surface area contributed by atoms with Crippen molar-refractivity contribution in [1.29, 1.82) is 0 Å². The fraction of sp³-hybridized carbons (Fsp3) is 0.400. The smallest absolute Gasteiger partial charge is 0.310 e. The highest BCUT2D eigenvalue weighted by molar-refractivity contribution is 14.1. The number of alkyl halides is 3. The van der Waals surface area contributed by atoms with E-state index in [1.54, 1.807) is 0 Å². The van der Waals surface area contributed by atoms with Crippen molar-refractivity contribution in [2.45, 2.75) is 18.7 Å². The first-order chi connectivity index (χ1) is 7.99. The molecule has 1 rings (SSSR count). The number of carbonyl (C=O) groups excluding carboxylic acids is 1. The van der Waals surface area contributed by atoms with Gasteiger partial charge in [0.05, 0.1) is 25.1 Å². The molecule has 0 aliphatic heterocycles. The molecule has 0 saturated carbocycles. The first kappa shape index (κ1) is 14.6. The molecule has 1 aromatic heterocycles. The standard InChI is InChI=1S/C10H9ClF2INO2/c1-17-8(16)3-5-2-6(14)7(4-11)15-9(5)10(12)13/h2,10H,3-4H2,1H3. The number of methoxy groups -OCH3 is 1. The summed E-state index contributed by atoms with van der Waals surface area (Å²) in [6.07, 6.45) is -2.96. The minimum absolute atomic E-state index is 0.0521. The molecule has 0 N–H and O–H groups in total. The van der Waals surface area contributed by atoms with Crippen molar-refractivity contribution in [1.82, 2.24) is 4.98 Å². The minimum Gasteiger partial charge on any atom is -0.469 e. The first-order valence-electron chi connectivity index (χ1n) is 4.58. The molecule has 1 heterocycles. The van der Waals surface area contributed by atoms with E-state index in [9.17, 15) is 13.6 Å². The number of aromatic nitrogens is 1. The lowest BCUT2D eigenvalue weighted by Crippen LogP contribution is -2.10. The molecular weight excluding hydrogens is 366 g/mol. The quantitative estimate of drug-likeness (QED) is 0.461. The van der Waals surface area contributed by atoms with Gasteiger partial charge in [0.1, 0.15) is 5.69 Å². The van der Waals surface area contributed by atoms with Gasteiger partial charge in [-0.15, -0.1) is 11.6 Å². The van der Waals surface area contributed by atoms with E-state index in [0.29, 0.717) is 9.26 Å². The van der Waals surface area contributed by atoms with Crippen LogP contribution in [0.1, 0.15) is 23.4 Å². The van der Waals surface area contributed by atoms with Gasteiger partial charge >= 0.3 is 5.97 Å². The fourth-order valence-corrected chi connectivity index (χ4v) is 2.35. The topological polar surface area (TPSA) is 39.2 Å².